The van der Waals surface area contributed by atoms with Crippen molar-refractivity contribution in [1.82, 2.24) is 5.32 Å². The monoisotopic (exact) mass is 260 g/mol. The molecule has 1 unspecified atom stereocenters. The first-order chi connectivity index (χ1) is 8.70. The molecule has 1 amide bonds. The van der Waals surface area contributed by atoms with E-state index in [2.05, 4.69) is 5.32 Å². The largest absolute Gasteiger partial charge is 0.382 e. The van der Waals surface area contributed by atoms with Gasteiger partial charge in [0.2, 0.25) is 5.91 Å². The first kappa shape index (κ1) is 17.0. The molecule has 1 atom stereocenters. The average Bonchev–Trinajstić information content (AvgIpc) is 2.37. The number of rotatable bonds is 12. The van der Waals surface area contributed by atoms with E-state index in [-0.39, 0.29) is 11.9 Å². The van der Waals surface area contributed by atoms with Crippen LogP contribution in [0.15, 0.2) is 0 Å². The summed E-state index contributed by atoms with van der Waals surface area (Å²) >= 11 is 0. The summed E-state index contributed by atoms with van der Waals surface area (Å²) in [7, 11) is 1.60. The van der Waals surface area contributed by atoms with Crippen molar-refractivity contribution in [3.8, 4) is 0 Å². The van der Waals surface area contributed by atoms with Crippen LogP contribution in [0.2, 0.25) is 0 Å². The van der Waals surface area contributed by atoms with E-state index in [1.54, 1.807) is 7.11 Å². The van der Waals surface area contributed by atoms with Gasteiger partial charge in [-0.2, -0.15) is 0 Å². The van der Waals surface area contributed by atoms with Gasteiger partial charge in [0.15, 0.2) is 0 Å². The third-order valence-corrected chi connectivity index (χ3v) is 2.37. The molecule has 3 N–H and O–H groups in total. The molecule has 0 saturated carbocycles. The number of hydrogen-bond acceptors (Lipinski definition) is 5. The smallest absolute Gasteiger partial charge is 0.222 e. The Bertz CT molecular complexity index is 224. The summed E-state index contributed by atoms with van der Waals surface area (Å²) in [6, 6.07) is -0.380. The van der Waals surface area contributed by atoms with Crippen LogP contribution in [0, 0.1) is 0 Å². The molecule has 0 bridgehead atoms. The van der Waals surface area contributed by atoms with Crippen molar-refractivity contribution in [1.29, 1.82) is 0 Å². The quantitative estimate of drug-likeness (QED) is 0.376. The highest BCUT2D eigenvalue weighted by atomic mass is 16.5. The van der Waals surface area contributed by atoms with Gasteiger partial charge in [-0.1, -0.05) is 0 Å². The van der Waals surface area contributed by atoms with Crippen molar-refractivity contribution < 1.29 is 19.1 Å². The Hall–Kier alpha value is -0.980. The Kier molecular flexibility index (Phi) is 11.8. The third-order valence-electron chi connectivity index (χ3n) is 2.37. The molecule has 0 aliphatic rings. The van der Waals surface area contributed by atoms with Gasteiger partial charge in [0.05, 0.1) is 25.9 Å². The highest BCUT2D eigenvalue weighted by Crippen LogP contribution is 1.96. The molecule has 0 rings (SSSR count). The lowest BCUT2D eigenvalue weighted by molar-refractivity contribution is -0.122. The maximum absolute atomic E-state index is 11.3. The summed E-state index contributed by atoms with van der Waals surface area (Å²) in [5, 5.41) is 2.79. The lowest BCUT2D eigenvalue weighted by Gasteiger charge is -2.06. The van der Waals surface area contributed by atoms with Gasteiger partial charge in [-0.3, -0.25) is 4.79 Å². The number of hydrogen-bond donors (Lipinski definition) is 2. The second kappa shape index (κ2) is 12.5. The highest BCUT2D eigenvalue weighted by Gasteiger charge is 2.02. The number of amides is 1. The van der Waals surface area contributed by atoms with E-state index in [9.17, 15) is 9.59 Å². The van der Waals surface area contributed by atoms with E-state index >= 15 is 0 Å². The van der Waals surface area contributed by atoms with Crippen molar-refractivity contribution in [3.63, 3.8) is 0 Å². The minimum atomic E-state index is -0.380. The van der Waals surface area contributed by atoms with Crippen LogP contribution in [0.3, 0.4) is 0 Å². The van der Waals surface area contributed by atoms with Crippen LogP contribution in [-0.4, -0.2) is 51.7 Å². The molecule has 0 aromatic carbocycles. The topological polar surface area (TPSA) is 90.7 Å². The summed E-state index contributed by atoms with van der Waals surface area (Å²) in [5.74, 6) is -0.0212. The standard InChI is InChI=1S/C12H24N2O4/c1-17-8-9-18-7-5-12(16)14-6-3-2-4-11(13)10-15/h10-11H,2-9,13H2,1H3,(H,14,16). The molecule has 0 heterocycles. The van der Waals surface area contributed by atoms with Crippen molar-refractivity contribution in [3.05, 3.63) is 0 Å². The van der Waals surface area contributed by atoms with Crippen LogP contribution in [0.25, 0.3) is 0 Å². The summed E-state index contributed by atoms with van der Waals surface area (Å²) in [4.78, 5) is 21.6. The molecule has 106 valence electrons. The van der Waals surface area contributed by atoms with Crippen LogP contribution >= 0.6 is 0 Å². The van der Waals surface area contributed by atoms with Crippen molar-refractivity contribution >= 4 is 12.2 Å². The fourth-order valence-electron chi connectivity index (χ4n) is 1.30. The first-order valence-electron chi connectivity index (χ1n) is 6.25. The number of nitrogens with one attached hydrogen (secondary N) is 1. The van der Waals surface area contributed by atoms with Gasteiger partial charge >= 0.3 is 0 Å². The number of carbonyl (C=O) groups excluding carboxylic acids is 2. The second-order valence-corrected chi connectivity index (χ2v) is 4.00. The van der Waals surface area contributed by atoms with Gasteiger partial charge in [0.25, 0.3) is 0 Å². The van der Waals surface area contributed by atoms with Crippen LogP contribution in [0.5, 0.6) is 0 Å². The molecule has 0 aliphatic heterocycles. The molecular formula is C12H24N2O4. The number of methoxy groups -OCH3 is 1. The molecule has 6 heteroatoms. The van der Waals surface area contributed by atoms with E-state index in [0.29, 0.717) is 39.2 Å². The van der Waals surface area contributed by atoms with Gasteiger partial charge in [-0.15, -0.1) is 0 Å². The second-order valence-electron chi connectivity index (χ2n) is 4.00. The predicted octanol–water partition coefficient (Wildman–Crippen LogP) is -0.148. The summed E-state index contributed by atoms with van der Waals surface area (Å²) in [6.45, 7) is 2.07. The summed E-state index contributed by atoms with van der Waals surface area (Å²) < 4.78 is 9.99. The number of nitrogens with two attached hydrogens (primary N) is 1. The van der Waals surface area contributed by atoms with E-state index in [1.807, 2.05) is 0 Å². The molecule has 0 radical (unpaired) electrons. The van der Waals surface area contributed by atoms with Gasteiger partial charge in [-0.25, -0.2) is 0 Å². The summed E-state index contributed by atoms with van der Waals surface area (Å²) in [5.41, 5.74) is 5.44. The molecule has 0 saturated heterocycles. The minimum Gasteiger partial charge on any atom is -0.382 e. The number of aldehydes is 1. The molecule has 0 spiro atoms. The predicted molar refractivity (Wildman–Crippen MR) is 68.2 cm³/mol. The number of ether oxygens (including phenoxy) is 2. The maximum Gasteiger partial charge on any atom is 0.222 e. The first-order valence-corrected chi connectivity index (χ1v) is 6.25. The molecule has 18 heavy (non-hydrogen) atoms. The van der Waals surface area contributed by atoms with Crippen molar-refractivity contribution in [2.75, 3.05) is 33.5 Å². The van der Waals surface area contributed by atoms with Gasteiger partial charge in [-0.05, 0) is 19.3 Å². The van der Waals surface area contributed by atoms with Crippen LogP contribution in [0.4, 0.5) is 0 Å². The zero-order chi connectivity index (χ0) is 13.6. The molecule has 0 aromatic heterocycles. The van der Waals surface area contributed by atoms with E-state index in [4.69, 9.17) is 15.2 Å². The zero-order valence-corrected chi connectivity index (χ0v) is 11.0. The van der Waals surface area contributed by atoms with E-state index < -0.39 is 0 Å². The molecular weight excluding hydrogens is 236 g/mol. The molecule has 0 aromatic rings. The minimum absolute atomic E-state index is 0.0212. The van der Waals surface area contributed by atoms with Crippen molar-refractivity contribution in [2.24, 2.45) is 5.73 Å². The van der Waals surface area contributed by atoms with Gasteiger partial charge in [0, 0.05) is 20.1 Å². The zero-order valence-electron chi connectivity index (χ0n) is 11.0. The summed E-state index contributed by atoms with van der Waals surface area (Å²) in [6.07, 6.45) is 3.44. The third kappa shape index (κ3) is 11.5. The Morgan fingerprint density at radius 2 is 2.11 bits per heavy atom. The number of carbonyl (C=O) groups is 2. The SMILES string of the molecule is COCCOCCC(=O)NCCCCC(N)C=O. The van der Waals surface area contributed by atoms with Crippen LogP contribution in [0.1, 0.15) is 25.7 Å². The Morgan fingerprint density at radius 3 is 2.78 bits per heavy atom. The highest BCUT2D eigenvalue weighted by molar-refractivity contribution is 5.75. The molecule has 0 fully saturated rings. The van der Waals surface area contributed by atoms with Crippen LogP contribution < -0.4 is 11.1 Å². The molecule has 0 aliphatic carbocycles. The van der Waals surface area contributed by atoms with Gasteiger partial charge in [0.1, 0.15) is 6.29 Å². The number of unbranched alkanes of at least 4 members (excludes halogenated alkanes) is 1. The van der Waals surface area contributed by atoms with E-state index in [1.165, 1.54) is 0 Å². The van der Waals surface area contributed by atoms with E-state index in [0.717, 1.165) is 19.1 Å². The van der Waals surface area contributed by atoms with Crippen molar-refractivity contribution in [2.45, 2.75) is 31.7 Å². The Morgan fingerprint density at radius 1 is 1.33 bits per heavy atom. The molecule has 6 nitrogen and oxygen atoms in total. The fraction of sp³-hybridized carbons (Fsp3) is 0.833. The lowest BCUT2D eigenvalue weighted by atomic mass is 10.1. The van der Waals surface area contributed by atoms with Gasteiger partial charge < -0.3 is 25.3 Å². The lowest BCUT2D eigenvalue weighted by Crippen LogP contribution is -2.26. The Balaban J connectivity index is 3.24. The fourth-order valence-corrected chi connectivity index (χ4v) is 1.30. The maximum atomic E-state index is 11.3. The van der Waals surface area contributed by atoms with Crippen LogP contribution in [-0.2, 0) is 19.1 Å². The Labute approximate surface area is 108 Å². The normalized spacial score (nSPS) is 12.1. The average molecular weight is 260 g/mol.